The normalized spacial score (nSPS) is 10.4. The minimum atomic E-state index is -0.396. The highest BCUT2D eigenvalue weighted by Gasteiger charge is 2.06. The lowest BCUT2D eigenvalue weighted by atomic mass is 10.3. The summed E-state index contributed by atoms with van der Waals surface area (Å²) < 4.78 is 21.0. The molecule has 4 nitrogen and oxygen atoms in total. The third-order valence-corrected chi connectivity index (χ3v) is 2.52. The van der Waals surface area contributed by atoms with Crippen molar-refractivity contribution >= 4 is 0 Å². The number of halogens is 1. The fraction of sp³-hybridized carbons (Fsp3) is 0. The van der Waals surface area contributed by atoms with Gasteiger partial charge in [0.1, 0.15) is 24.0 Å². The average molecular weight is 254 g/mol. The zero-order valence-corrected chi connectivity index (χ0v) is 9.82. The van der Waals surface area contributed by atoms with E-state index in [9.17, 15) is 4.39 Å². The van der Waals surface area contributed by atoms with Crippen LogP contribution >= 0.6 is 0 Å². The first kappa shape index (κ1) is 11.4. The molecule has 2 aromatic heterocycles. The molecule has 0 aliphatic heterocycles. The maximum atomic E-state index is 14.0. The molecule has 93 valence electrons. The van der Waals surface area contributed by atoms with Crippen molar-refractivity contribution < 1.29 is 9.13 Å². The van der Waals surface area contributed by atoms with Crippen molar-refractivity contribution in [3.05, 3.63) is 67.3 Å². The van der Waals surface area contributed by atoms with Crippen LogP contribution in [0.3, 0.4) is 0 Å². The van der Waals surface area contributed by atoms with Crippen LogP contribution in [0.2, 0.25) is 0 Å². The van der Waals surface area contributed by atoms with Crippen molar-refractivity contribution in [1.29, 1.82) is 0 Å². The Morgan fingerprint density at radius 2 is 2.16 bits per heavy atom. The molecule has 0 N–H and O–H groups in total. The lowest BCUT2D eigenvalue weighted by molar-refractivity contribution is 0.474. The molecule has 2 heterocycles. The van der Waals surface area contributed by atoms with E-state index in [0.29, 0.717) is 17.2 Å². The number of rotatable bonds is 3. The molecule has 0 amide bonds. The fourth-order valence-electron chi connectivity index (χ4n) is 1.66. The van der Waals surface area contributed by atoms with Gasteiger partial charge in [0.05, 0.1) is 11.9 Å². The quantitative estimate of drug-likeness (QED) is 0.721. The zero-order chi connectivity index (χ0) is 13.1. The minimum Gasteiger partial charge on any atom is -0.456 e. The van der Waals surface area contributed by atoms with Gasteiger partial charge in [-0.25, -0.2) is 9.37 Å². The molecule has 5 heteroatoms. The molecule has 0 spiro atoms. The number of hydrogen-bond donors (Lipinski definition) is 0. The molecule has 3 aromatic rings. The van der Waals surface area contributed by atoms with E-state index in [4.69, 9.17) is 4.74 Å². The molecule has 0 saturated heterocycles. The van der Waals surface area contributed by atoms with E-state index >= 15 is 0 Å². The SMILES string of the molecule is Fc1cc(Oc2cccnc2)ccc1-n1c[c]nc1. The van der Waals surface area contributed by atoms with Gasteiger partial charge < -0.3 is 9.30 Å². The summed E-state index contributed by atoms with van der Waals surface area (Å²) in [5.41, 5.74) is 0.396. The van der Waals surface area contributed by atoms with Gasteiger partial charge in [0.15, 0.2) is 5.82 Å². The zero-order valence-electron chi connectivity index (χ0n) is 9.82. The molecule has 19 heavy (non-hydrogen) atoms. The van der Waals surface area contributed by atoms with Crippen molar-refractivity contribution in [3.63, 3.8) is 0 Å². The van der Waals surface area contributed by atoms with Gasteiger partial charge in [-0.1, -0.05) is 0 Å². The van der Waals surface area contributed by atoms with Gasteiger partial charge in [-0.05, 0) is 24.3 Å². The van der Waals surface area contributed by atoms with E-state index in [-0.39, 0.29) is 0 Å². The smallest absolute Gasteiger partial charge is 0.150 e. The van der Waals surface area contributed by atoms with Crippen LogP contribution in [0.25, 0.3) is 5.69 Å². The maximum Gasteiger partial charge on any atom is 0.150 e. The number of hydrogen-bond acceptors (Lipinski definition) is 3. The Morgan fingerprint density at radius 1 is 1.21 bits per heavy atom. The molecule has 0 unspecified atom stereocenters. The summed E-state index contributed by atoms with van der Waals surface area (Å²) in [6.45, 7) is 0. The lowest BCUT2D eigenvalue weighted by Gasteiger charge is -2.08. The van der Waals surface area contributed by atoms with E-state index in [2.05, 4.69) is 16.2 Å². The number of aromatic nitrogens is 3. The van der Waals surface area contributed by atoms with E-state index in [1.165, 1.54) is 12.4 Å². The third kappa shape index (κ3) is 2.44. The van der Waals surface area contributed by atoms with Gasteiger partial charge in [-0.15, -0.1) is 0 Å². The molecule has 0 atom stereocenters. The second-order valence-corrected chi connectivity index (χ2v) is 3.81. The topological polar surface area (TPSA) is 39.9 Å². The van der Waals surface area contributed by atoms with Gasteiger partial charge >= 0.3 is 0 Å². The molecular weight excluding hydrogens is 245 g/mol. The first-order valence-corrected chi connectivity index (χ1v) is 5.61. The Bertz CT molecular complexity index is 668. The van der Waals surface area contributed by atoms with Crippen LogP contribution in [-0.4, -0.2) is 14.5 Å². The largest absolute Gasteiger partial charge is 0.456 e. The summed E-state index contributed by atoms with van der Waals surface area (Å²) in [6, 6.07) is 8.13. The van der Waals surface area contributed by atoms with Crippen LogP contribution in [0.4, 0.5) is 4.39 Å². The molecule has 0 fully saturated rings. The van der Waals surface area contributed by atoms with Gasteiger partial charge in [-0.3, -0.25) is 4.98 Å². The number of ether oxygens (including phenoxy) is 1. The molecule has 0 aliphatic rings. The highest BCUT2D eigenvalue weighted by atomic mass is 19.1. The number of benzene rings is 1. The van der Waals surface area contributed by atoms with Crippen molar-refractivity contribution in [2.24, 2.45) is 0 Å². The molecule has 1 radical (unpaired) electrons. The van der Waals surface area contributed by atoms with Gasteiger partial charge in [-0.2, -0.15) is 0 Å². The van der Waals surface area contributed by atoms with E-state index in [0.717, 1.165) is 0 Å². The Morgan fingerprint density at radius 3 is 2.84 bits per heavy atom. The van der Waals surface area contributed by atoms with Crippen LogP contribution in [0, 0.1) is 12.0 Å². The standard InChI is InChI=1S/C14H9FN3O/c15-13-8-11(19-12-2-1-5-16-9-12)3-4-14(13)18-7-6-17-10-18/h1-5,7-10H. The maximum absolute atomic E-state index is 14.0. The fourth-order valence-corrected chi connectivity index (χ4v) is 1.66. The Labute approximate surface area is 109 Å². The van der Waals surface area contributed by atoms with E-state index in [1.807, 2.05) is 0 Å². The summed E-state index contributed by atoms with van der Waals surface area (Å²) >= 11 is 0. The van der Waals surface area contributed by atoms with Crippen LogP contribution in [0.1, 0.15) is 0 Å². The second-order valence-electron chi connectivity index (χ2n) is 3.81. The van der Waals surface area contributed by atoms with Crippen molar-refractivity contribution in [2.45, 2.75) is 0 Å². The Kier molecular flexibility index (Phi) is 2.94. The molecular formula is C14H9FN3O. The third-order valence-electron chi connectivity index (χ3n) is 2.52. The molecule has 0 bridgehead atoms. The average Bonchev–Trinajstić information content (AvgIpc) is 2.94. The Hall–Kier alpha value is -2.69. The van der Waals surface area contributed by atoms with Crippen LogP contribution in [0.5, 0.6) is 11.5 Å². The lowest BCUT2D eigenvalue weighted by Crippen LogP contribution is -1.95. The number of imidazole rings is 1. The highest BCUT2D eigenvalue weighted by molar-refractivity contribution is 5.40. The molecule has 1 aromatic carbocycles. The summed E-state index contributed by atoms with van der Waals surface area (Å²) in [6.07, 6.45) is 8.87. The summed E-state index contributed by atoms with van der Waals surface area (Å²) in [7, 11) is 0. The molecule has 0 saturated carbocycles. The first-order valence-electron chi connectivity index (χ1n) is 5.61. The Balaban J connectivity index is 1.88. The van der Waals surface area contributed by atoms with E-state index in [1.54, 1.807) is 47.4 Å². The van der Waals surface area contributed by atoms with Crippen LogP contribution in [-0.2, 0) is 0 Å². The minimum absolute atomic E-state index is 0.396. The van der Waals surface area contributed by atoms with Crippen LogP contribution in [0.15, 0.2) is 55.2 Å². The summed E-state index contributed by atoms with van der Waals surface area (Å²) in [5, 5.41) is 0. The summed E-state index contributed by atoms with van der Waals surface area (Å²) in [4.78, 5) is 7.69. The predicted molar refractivity (Wildman–Crippen MR) is 66.7 cm³/mol. The van der Waals surface area contributed by atoms with Gasteiger partial charge in [0.2, 0.25) is 0 Å². The number of pyridine rings is 1. The second kappa shape index (κ2) is 4.89. The molecule has 3 rings (SSSR count). The predicted octanol–water partition coefficient (Wildman–Crippen LogP) is 3.00. The van der Waals surface area contributed by atoms with Crippen molar-refractivity contribution in [2.75, 3.05) is 0 Å². The molecule has 0 aliphatic carbocycles. The van der Waals surface area contributed by atoms with Gasteiger partial charge in [0, 0.05) is 18.5 Å². The van der Waals surface area contributed by atoms with Crippen molar-refractivity contribution in [1.82, 2.24) is 14.5 Å². The van der Waals surface area contributed by atoms with Crippen LogP contribution < -0.4 is 4.74 Å². The van der Waals surface area contributed by atoms with Crippen molar-refractivity contribution in [3.8, 4) is 17.2 Å². The highest BCUT2D eigenvalue weighted by Crippen LogP contribution is 2.24. The monoisotopic (exact) mass is 254 g/mol. The summed E-state index contributed by atoms with van der Waals surface area (Å²) in [5.74, 6) is 0.580. The first-order chi connectivity index (χ1) is 9.33. The van der Waals surface area contributed by atoms with E-state index < -0.39 is 5.82 Å². The van der Waals surface area contributed by atoms with Gasteiger partial charge in [0.25, 0.3) is 0 Å². The number of nitrogens with zero attached hydrogens (tertiary/aromatic N) is 3.